The molecule has 0 unspecified atom stereocenters. The Balaban J connectivity index is 1.80. The molecule has 114 valence electrons. The van der Waals surface area contributed by atoms with Gasteiger partial charge in [-0.3, -0.25) is 9.59 Å². The third-order valence-electron chi connectivity index (χ3n) is 3.45. The molecule has 1 aliphatic rings. The maximum Gasteiger partial charge on any atom is 0.261 e. The molecule has 3 rings (SSSR count). The van der Waals surface area contributed by atoms with E-state index in [2.05, 4.69) is 5.32 Å². The summed E-state index contributed by atoms with van der Waals surface area (Å²) in [6.45, 7) is 0.467. The van der Waals surface area contributed by atoms with Crippen LogP contribution in [-0.4, -0.2) is 37.4 Å². The van der Waals surface area contributed by atoms with Crippen LogP contribution >= 0.6 is 11.3 Å². The second kappa shape index (κ2) is 5.81. The van der Waals surface area contributed by atoms with E-state index in [0.717, 1.165) is 21.8 Å². The van der Waals surface area contributed by atoms with Crippen LogP contribution in [0.2, 0.25) is 0 Å². The van der Waals surface area contributed by atoms with Gasteiger partial charge in [0, 0.05) is 30.1 Å². The first kappa shape index (κ1) is 14.6. The maximum absolute atomic E-state index is 12.2. The van der Waals surface area contributed by atoms with Crippen molar-refractivity contribution in [2.75, 3.05) is 20.6 Å². The zero-order valence-electron chi connectivity index (χ0n) is 12.4. The van der Waals surface area contributed by atoms with E-state index in [4.69, 9.17) is 4.74 Å². The van der Waals surface area contributed by atoms with Crippen LogP contribution in [-0.2, 0) is 11.4 Å². The number of ether oxygens (including phenoxy) is 1. The first-order chi connectivity index (χ1) is 10.6. The molecule has 2 heterocycles. The van der Waals surface area contributed by atoms with E-state index in [1.807, 2.05) is 30.3 Å². The van der Waals surface area contributed by atoms with Crippen molar-refractivity contribution in [3.05, 3.63) is 40.8 Å². The minimum atomic E-state index is -0.230. The molecular weight excluding hydrogens is 300 g/mol. The zero-order valence-corrected chi connectivity index (χ0v) is 13.2. The number of nitrogens with one attached hydrogen (secondary N) is 1. The second-order valence-electron chi connectivity index (χ2n) is 5.22. The van der Waals surface area contributed by atoms with Crippen LogP contribution < -0.4 is 10.1 Å². The van der Waals surface area contributed by atoms with Crippen LogP contribution in [0.1, 0.15) is 15.2 Å². The predicted octanol–water partition coefficient (Wildman–Crippen LogP) is 2.13. The molecule has 0 aliphatic carbocycles. The molecule has 0 spiro atoms. The molecule has 2 amide bonds. The summed E-state index contributed by atoms with van der Waals surface area (Å²) in [4.78, 5) is 26.8. The van der Waals surface area contributed by atoms with Crippen molar-refractivity contribution in [3.63, 3.8) is 0 Å². The summed E-state index contributed by atoms with van der Waals surface area (Å²) < 4.78 is 5.69. The Hall–Kier alpha value is -2.34. The molecule has 1 aromatic carbocycles. The summed E-state index contributed by atoms with van der Waals surface area (Å²) in [5.41, 5.74) is 2.02. The molecule has 5 nitrogen and oxygen atoms in total. The minimum Gasteiger partial charge on any atom is -0.488 e. The van der Waals surface area contributed by atoms with E-state index < -0.39 is 0 Å². The smallest absolute Gasteiger partial charge is 0.261 e. The monoisotopic (exact) mass is 316 g/mol. The molecule has 0 fully saturated rings. The highest BCUT2D eigenvalue weighted by molar-refractivity contribution is 7.17. The van der Waals surface area contributed by atoms with Crippen LogP contribution in [0, 0.1) is 0 Å². The molecule has 2 aromatic rings. The summed E-state index contributed by atoms with van der Waals surface area (Å²) in [5.74, 6) is 0.474. The minimum absolute atomic E-state index is 0.00148. The van der Waals surface area contributed by atoms with Gasteiger partial charge in [0.15, 0.2) is 0 Å². The number of para-hydroxylation sites is 1. The molecule has 0 radical (unpaired) electrons. The van der Waals surface area contributed by atoms with Gasteiger partial charge >= 0.3 is 0 Å². The second-order valence-corrected chi connectivity index (χ2v) is 6.27. The number of fused-ring (bicyclic) bond motifs is 3. The Labute approximate surface area is 132 Å². The fourth-order valence-electron chi connectivity index (χ4n) is 2.21. The number of carbonyl (C=O) groups is 2. The largest absolute Gasteiger partial charge is 0.488 e. The Bertz CT molecular complexity index is 737. The van der Waals surface area contributed by atoms with Crippen LogP contribution in [0.4, 0.5) is 0 Å². The number of benzene rings is 1. The van der Waals surface area contributed by atoms with E-state index >= 15 is 0 Å². The van der Waals surface area contributed by atoms with Gasteiger partial charge in [-0.2, -0.15) is 0 Å². The van der Waals surface area contributed by atoms with Crippen molar-refractivity contribution in [1.29, 1.82) is 0 Å². The van der Waals surface area contributed by atoms with Crippen molar-refractivity contribution in [2.24, 2.45) is 0 Å². The number of thiophene rings is 1. The van der Waals surface area contributed by atoms with Crippen LogP contribution in [0.3, 0.4) is 0 Å². The first-order valence-electron chi connectivity index (χ1n) is 6.89. The lowest BCUT2D eigenvalue weighted by Crippen LogP contribution is -2.35. The summed E-state index contributed by atoms with van der Waals surface area (Å²) in [6, 6.07) is 9.63. The number of amides is 2. The van der Waals surface area contributed by atoms with Gasteiger partial charge in [0.1, 0.15) is 12.4 Å². The van der Waals surface area contributed by atoms with Crippen molar-refractivity contribution in [1.82, 2.24) is 10.2 Å². The fourth-order valence-corrected chi connectivity index (χ4v) is 3.33. The number of nitrogens with zero attached hydrogens (tertiary/aromatic N) is 1. The van der Waals surface area contributed by atoms with E-state index in [-0.39, 0.29) is 18.4 Å². The van der Waals surface area contributed by atoms with Gasteiger partial charge < -0.3 is 15.0 Å². The Kier molecular flexibility index (Phi) is 3.85. The molecule has 0 saturated heterocycles. The van der Waals surface area contributed by atoms with Gasteiger partial charge in [-0.25, -0.2) is 0 Å². The fraction of sp³-hybridized carbons (Fsp3) is 0.250. The molecule has 22 heavy (non-hydrogen) atoms. The molecular formula is C16H16N2O3S. The Morgan fingerprint density at radius 2 is 2.09 bits per heavy atom. The van der Waals surface area contributed by atoms with Crippen LogP contribution in [0.25, 0.3) is 10.4 Å². The van der Waals surface area contributed by atoms with Gasteiger partial charge in [0.05, 0.1) is 11.4 Å². The molecule has 0 saturated carbocycles. The highest BCUT2D eigenvalue weighted by Gasteiger charge is 2.22. The van der Waals surface area contributed by atoms with Gasteiger partial charge in [-0.1, -0.05) is 12.1 Å². The van der Waals surface area contributed by atoms with Gasteiger partial charge in [0.2, 0.25) is 5.91 Å². The topological polar surface area (TPSA) is 58.6 Å². The molecule has 6 heteroatoms. The molecule has 0 bridgehead atoms. The molecule has 1 aromatic heterocycles. The summed E-state index contributed by atoms with van der Waals surface area (Å²) in [5, 5.41) is 2.65. The average Bonchev–Trinajstić information content (AvgIpc) is 2.96. The summed E-state index contributed by atoms with van der Waals surface area (Å²) >= 11 is 1.43. The standard InChI is InChI=1S/C16H16N2O3S/c1-18(2)14(19)8-17-16(20)13-7-10-9-21-12-6-4-3-5-11(12)15(10)22-13/h3-7H,8-9H2,1-2H3,(H,17,20). The van der Waals surface area contributed by atoms with Crippen molar-refractivity contribution in [3.8, 4) is 16.2 Å². The molecule has 0 atom stereocenters. The van der Waals surface area contributed by atoms with Crippen LogP contribution in [0.5, 0.6) is 5.75 Å². The number of hydrogen-bond acceptors (Lipinski definition) is 4. The van der Waals surface area contributed by atoms with Crippen LogP contribution in [0.15, 0.2) is 30.3 Å². The normalized spacial score (nSPS) is 11.9. The van der Waals surface area contributed by atoms with E-state index in [1.54, 1.807) is 14.1 Å². The SMILES string of the molecule is CN(C)C(=O)CNC(=O)c1cc2c(s1)-c1ccccc1OC2. The number of carbonyl (C=O) groups excluding carboxylic acids is 2. The lowest BCUT2D eigenvalue weighted by Gasteiger charge is -2.16. The van der Waals surface area contributed by atoms with Gasteiger partial charge in [0.25, 0.3) is 5.91 Å². The maximum atomic E-state index is 12.2. The highest BCUT2D eigenvalue weighted by atomic mass is 32.1. The lowest BCUT2D eigenvalue weighted by molar-refractivity contribution is -0.127. The zero-order chi connectivity index (χ0) is 15.7. The molecule has 1 aliphatic heterocycles. The molecule has 1 N–H and O–H groups in total. The van der Waals surface area contributed by atoms with E-state index in [1.165, 1.54) is 16.2 Å². The number of rotatable bonds is 3. The van der Waals surface area contributed by atoms with Gasteiger partial charge in [-0.15, -0.1) is 11.3 Å². The third-order valence-corrected chi connectivity index (χ3v) is 4.66. The number of hydrogen-bond donors (Lipinski definition) is 1. The van der Waals surface area contributed by atoms with E-state index in [9.17, 15) is 9.59 Å². The Morgan fingerprint density at radius 3 is 2.86 bits per heavy atom. The quantitative estimate of drug-likeness (QED) is 0.943. The van der Waals surface area contributed by atoms with Crippen molar-refractivity contribution in [2.45, 2.75) is 6.61 Å². The summed E-state index contributed by atoms with van der Waals surface area (Å²) in [6.07, 6.45) is 0. The van der Waals surface area contributed by atoms with E-state index in [0.29, 0.717) is 11.5 Å². The first-order valence-corrected chi connectivity index (χ1v) is 7.71. The third kappa shape index (κ3) is 2.69. The summed E-state index contributed by atoms with van der Waals surface area (Å²) in [7, 11) is 3.32. The number of likely N-dealkylation sites (N-methyl/N-ethyl adjacent to an activating group) is 1. The Morgan fingerprint density at radius 1 is 1.32 bits per heavy atom. The van der Waals surface area contributed by atoms with Gasteiger partial charge in [-0.05, 0) is 18.2 Å². The van der Waals surface area contributed by atoms with Crippen molar-refractivity contribution >= 4 is 23.2 Å². The van der Waals surface area contributed by atoms with Crippen molar-refractivity contribution < 1.29 is 14.3 Å². The predicted molar refractivity (Wildman–Crippen MR) is 85.1 cm³/mol. The average molecular weight is 316 g/mol. The highest BCUT2D eigenvalue weighted by Crippen LogP contribution is 2.42. The lowest BCUT2D eigenvalue weighted by atomic mass is 10.1.